The van der Waals surface area contributed by atoms with Crippen molar-refractivity contribution in [1.29, 1.82) is 0 Å². The monoisotopic (exact) mass is 280 g/mol. The zero-order valence-corrected chi connectivity index (χ0v) is 10.6. The Bertz CT molecular complexity index is 1130. The highest BCUT2D eigenvalue weighted by Crippen LogP contribution is 2.27. The molecule has 21 heavy (non-hydrogen) atoms. The first-order valence-corrected chi connectivity index (χ1v) is 6.26. The summed E-state index contributed by atoms with van der Waals surface area (Å²) in [5, 5.41) is 10.8. The first kappa shape index (κ1) is 11.7. The predicted molar refractivity (Wildman–Crippen MR) is 77.7 cm³/mol. The highest BCUT2D eigenvalue weighted by Gasteiger charge is 2.16. The molecule has 2 heterocycles. The molecule has 0 aliphatic heterocycles. The number of para-hydroxylation sites is 1. The van der Waals surface area contributed by atoms with E-state index < -0.39 is 11.3 Å². The second-order valence-corrected chi connectivity index (χ2v) is 4.71. The number of hydrogen-bond donors (Lipinski definition) is 1. The fourth-order valence-corrected chi connectivity index (χ4v) is 2.56. The molecule has 0 unspecified atom stereocenters. The van der Waals surface area contributed by atoms with E-state index in [1.807, 2.05) is 0 Å². The van der Waals surface area contributed by atoms with Gasteiger partial charge in [-0.2, -0.15) is 0 Å². The molecule has 1 N–H and O–H groups in total. The molecule has 0 amide bonds. The van der Waals surface area contributed by atoms with E-state index in [1.165, 1.54) is 18.2 Å². The van der Waals surface area contributed by atoms with E-state index in [2.05, 4.69) is 0 Å². The van der Waals surface area contributed by atoms with Crippen molar-refractivity contribution >= 4 is 32.7 Å². The van der Waals surface area contributed by atoms with Crippen LogP contribution in [0, 0.1) is 0 Å². The Morgan fingerprint density at radius 3 is 2.14 bits per heavy atom. The van der Waals surface area contributed by atoms with Gasteiger partial charge in [0.25, 0.3) is 0 Å². The lowest BCUT2D eigenvalue weighted by Crippen LogP contribution is -2.08. The van der Waals surface area contributed by atoms with Gasteiger partial charge in [0.05, 0.1) is 10.8 Å². The van der Waals surface area contributed by atoms with Gasteiger partial charge in [0.2, 0.25) is 0 Å². The molecule has 0 bridgehead atoms. The van der Waals surface area contributed by atoms with Gasteiger partial charge >= 0.3 is 11.3 Å². The molecule has 4 aromatic rings. The molecule has 0 fully saturated rings. The van der Waals surface area contributed by atoms with Crippen molar-refractivity contribution in [2.75, 3.05) is 0 Å². The van der Waals surface area contributed by atoms with E-state index in [-0.39, 0.29) is 22.1 Å². The summed E-state index contributed by atoms with van der Waals surface area (Å²) in [7, 11) is 0. The number of phenolic OH excluding ortho intramolecular Hbond substituents is 1. The summed E-state index contributed by atoms with van der Waals surface area (Å²) >= 11 is 0. The molecule has 5 nitrogen and oxygen atoms in total. The van der Waals surface area contributed by atoms with Crippen molar-refractivity contribution in [3.63, 3.8) is 0 Å². The van der Waals surface area contributed by atoms with Crippen molar-refractivity contribution in [2.24, 2.45) is 0 Å². The Morgan fingerprint density at radius 2 is 1.38 bits per heavy atom. The molecule has 2 aromatic carbocycles. The topological polar surface area (TPSA) is 80.6 Å². The summed E-state index contributed by atoms with van der Waals surface area (Å²) < 4.78 is 10.5. The lowest BCUT2D eigenvalue weighted by molar-refractivity contribution is 0.473. The van der Waals surface area contributed by atoms with Gasteiger partial charge in [0.15, 0.2) is 0 Å². The first-order chi connectivity index (χ1) is 10.1. The summed E-state index contributed by atoms with van der Waals surface area (Å²) in [5.74, 6) is -0.0461. The minimum Gasteiger partial charge on any atom is -0.508 e. The second kappa shape index (κ2) is 3.96. The number of aromatic hydroxyl groups is 1. The number of hydrogen-bond acceptors (Lipinski definition) is 5. The third kappa shape index (κ3) is 1.57. The van der Waals surface area contributed by atoms with Crippen LogP contribution in [0.3, 0.4) is 0 Å². The van der Waals surface area contributed by atoms with Crippen LogP contribution in [0.1, 0.15) is 0 Å². The first-order valence-electron chi connectivity index (χ1n) is 6.26. The highest BCUT2D eigenvalue weighted by molar-refractivity contribution is 6.13. The maximum absolute atomic E-state index is 12.2. The van der Waals surface area contributed by atoms with Gasteiger partial charge in [-0.05, 0) is 18.2 Å². The number of fused-ring (bicyclic) bond motifs is 5. The molecule has 0 spiro atoms. The van der Waals surface area contributed by atoms with E-state index >= 15 is 0 Å². The fourth-order valence-electron chi connectivity index (χ4n) is 2.56. The van der Waals surface area contributed by atoms with Crippen molar-refractivity contribution in [3.05, 3.63) is 63.3 Å². The number of rotatable bonds is 0. The van der Waals surface area contributed by atoms with E-state index in [0.29, 0.717) is 16.4 Å². The van der Waals surface area contributed by atoms with E-state index in [1.54, 1.807) is 24.3 Å². The van der Waals surface area contributed by atoms with Crippen LogP contribution in [0.5, 0.6) is 5.75 Å². The maximum Gasteiger partial charge on any atom is 0.345 e. The Labute approximate surface area is 116 Å². The number of benzene rings is 2. The normalized spacial score (nSPS) is 11.4. The molecule has 0 radical (unpaired) electrons. The lowest BCUT2D eigenvalue weighted by atomic mass is 10.1. The average molecular weight is 280 g/mol. The molecule has 102 valence electrons. The largest absolute Gasteiger partial charge is 0.508 e. The minimum absolute atomic E-state index is 0.0461. The van der Waals surface area contributed by atoms with Crippen LogP contribution in [-0.2, 0) is 0 Å². The van der Waals surface area contributed by atoms with Crippen LogP contribution in [0.25, 0.3) is 32.7 Å². The standard InChI is InChI=1S/C16H8O5/c17-8-5-6-10-12(7-8)21-16(19)13-9-3-1-2-4-11(9)20-15(18)14(10)13/h1-7,17H. The van der Waals surface area contributed by atoms with Crippen LogP contribution in [-0.4, -0.2) is 5.11 Å². The van der Waals surface area contributed by atoms with Gasteiger partial charge in [0.1, 0.15) is 16.9 Å². The Hall–Kier alpha value is -3.08. The minimum atomic E-state index is -0.632. The van der Waals surface area contributed by atoms with Crippen LogP contribution in [0.4, 0.5) is 0 Å². The smallest absolute Gasteiger partial charge is 0.345 e. The van der Waals surface area contributed by atoms with Gasteiger partial charge in [-0.25, -0.2) is 9.59 Å². The molecule has 2 aromatic heterocycles. The van der Waals surface area contributed by atoms with Crippen LogP contribution in [0.15, 0.2) is 60.9 Å². The lowest BCUT2D eigenvalue weighted by Gasteiger charge is -2.04. The van der Waals surface area contributed by atoms with Gasteiger partial charge < -0.3 is 13.9 Å². The van der Waals surface area contributed by atoms with Gasteiger partial charge in [-0.15, -0.1) is 0 Å². The van der Waals surface area contributed by atoms with Crippen molar-refractivity contribution in [2.45, 2.75) is 0 Å². The Morgan fingerprint density at radius 1 is 0.762 bits per heavy atom. The van der Waals surface area contributed by atoms with Crippen LogP contribution < -0.4 is 11.3 Å². The number of phenols is 1. The molecular formula is C16H8O5. The molecule has 4 rings (SSSR count). The van der Waals surface area contributed by atoms with Gasteiger partial charge in [-0.3, -0.25) is 0 Å². The fraction of sp³-hybridized carbons (Fsp3) is 0. The molecule has 0 aliphatic carbocycles. The summed E-state index contributed by atoms with van der Waals surface area (Å²) in [6, 6.07) is 11.0. The third-order valence-electron chi connectivity index (χ3n) is 3.45. The highest BCUT2D eigenvalue weighted by atomic mass is 16.4. The summed E-state index contributed by atoms with van der Waals surface area (Å²) in [5.41, 5.74) is -0.755. The molecular weight excluding hydrogens is 272 g/mol. The molecule has 0 saturated carbocycles. The van der Waals surface area contributed by atoms with E-state index in [9.17, 15) is 14.7 Å². The quantitative estimate of drug-likeness (QED) is 0.395. The van der Waals surface area contributed by atoms with E-state index in [0.717, 1.165) is 0 Å². The molecule has 0 atom stereocenters. The maximum atomic E-state index is 12.2. The summed E-state index contributed by atoms with van der Waals surface area (Å²) in [6.45, 7) is 0. The van der Waals surface area contributed by atoms with Crippen molar-refractivity contribution in [3.8, 4) is 5.75 Å². The zero-order valence-electron chi connectivity index (χ0n) is 10.6. The van der Waals surface area contributed by atoms with Gasteiger partial charge in [-0.1, -0.05) is 18.2 Å². The SMILES string of the molecule is O=c1oc2cc(O)ccc2c2c(=O)oc3ccccc3c12. The summed E-state index contributed by atoms with van der Waals surface area (Å²) in [6.07, 6.45) is 0. The molecule has 0 saturated heterocycles. The van der Waals surface area contributed by atoms with Crippen LogP contribution in [0.2, 0.25) is 0 Å². The molecule has 5 heteroatoms. The average Bonchev–Trinajstić information content (AvgIpc) is 2.46. The Balaban J connectivity index is 2.43. The Kier molecular flexibility index (Phi) is 2.21. The van der Waals surface area contributed by atoms with Crippen molar-refractivity contribution < 1.29 is 13.9 Å². The molecule has 0 aliphatic rings. The second-order valence-electron chi connectivity index (χ2n) is 4.71. The predicted octanol–water partition coefficient (Wildman–Crippen LogP) is 2.76. The zero-order chi connectivity index (χ0) is 14.6. The summed E-state index contributed by atoms with van der Waals surface area (Å²) in [4.78, 5) is 24.5. The van der Waals surface area contributed by atoms with E-state index in [4.69, 9.17) is 8.83 Å². The van der Waals surface area contributed by atoms with Crippen molar-refractivity contribution in [1.82, 2.24) is 0 Å². The van der Waals surface area contributed by atoms with Crippen LogP contribution >= 0.6 is 0 Å². The third-order valence-corrected chi connectivity index (χ3v) is 3.45. The van der Waals surface area contributed by atoms with Gasteiger partial charge in [0, 0.05) is 16.8 Å².